The molecule has 0 bridgehead atoms. The Morgan fingerprint density at radius 2 is 2.22 bits per heavy atom. The minimum atomic E-state index is -0.638. The lowest BCUT2D eigenvalue weighted by atomic mass is 10.2. The Labute approximate surface area is 111 Å². The van der Waals surface area contributed by atoms with E-state index in [1.165, 1.54) is 0 Å². The zero-order chi connectivity index (χ0) is 13.1. The maximum atomic E-state index is 13.8. The summed E-state index contributed by atoms with van der Waals surface area (Å²) in [6.45, 7) is 4.51. The van der Waals surface area contributed by atoms with E-state index in [4.69, 9.17) is 11.6 Å². The van der Waals surface area contributed by atoms with Crippen LogP contribution in [0.4, 0.5) is 14.5 Å². The van der Waals surface area contributed by atoms with Crippen LogP contribution in [0.25, 0.3) is 0 Å². The number of halogens is 3. The summed E-state index contributed by atoms with van der Waals surface area (Å²) < 4.78 is 26.7. The van der Waals surface area contributed by atoms with Crippen molar-refractivity contribution < 1.29 is 8.78 Å². The van der Waals surface area contributed by atoms with E-state index in [9.17, 15) is 8.78 Å². The number of hydrogen-bond donors (Lipinski definition) is 1. The van der Waals surface area contributed by atoms with Gasteiger partial charge in [0.25, 0.3) is 0 Å². The van der Waals surface area contributed by atoms with E-state index in [2.05, 4.69) is 12.2 Å². The van der Waals surface area contributed by atoms with Gasteiger partial charge in [0.1, 0.15) is 5.82 Å². The number of rotatable bonds is 4. The second-order valence-corrected chi connectivity index (χ2v) is 5.01. The van der Waals surface area contributed by atoms with E-state index in [0.29, 0.717) is 18.3 Å². The molecule has 1 unspecified atom stereocenters. The molecule has 2 rings (SSSR count). The molecule has 5 heteroatoms. The smallest absolute Gasteiger partial charge is 0.150 e. The fourth-order valence-electron chi connectivity index (χ4n) is 2.32. The Kier molecular flexibility index (Phi) is 4.40. The van der Waals surface area contributed by atoms with Gasteiger partial charge in [-0.2, -0.15) is 0 Å². The molecule has 1 heterocycles. The fourth-order valence-corrected chi connectivity index (χ4v) is 2.63. The standard InChI is InChI=1S/C13H17ClF2N2/c1-2-4-17-10-3-5-18(8-10)13-11(14)6-9(15)7-12(13)16/h6-7,10,17H,2-5,8H2,1H3. The van der Waals surface area contributed by atoms with Gasteiger partial charge in [-0.1, -0.05) is 18.5 Å². The quantitative estimate of drug-likeness (QED) is 0.907. The molecule has 1 fully saturated rings. The molecule has 1 aromatic rings. The van der Waals surface area contributed by atoms with Gasteiger partial charge in [-0.25, -0.2) is 8.78 Å². The van der Waals surface area contributed by atoms with Gasteiger partial charge in [-0.15, -0.1) is 0 Å². The van der Waals surface area contributed by atoms with Gasteiger partial charge in [0.2, 0.25) is 0 Å². The molecule has 0 amide bonds. The van der Waals surface area contributed by atoms with E-state index < -0.39 is 11.6 Å². The van der Waals surface area contributed by atoms with Crippen LogP contribution in [0, 0.1) is 11.6 Å². The average molecular weight is 275 g/mol. The van der Waals surface area contributed by atoms with Crippen LogP contribution in [0.2, 0.25) is 5.02 Å². The first kappa shape index (κ1) is 13.6. The largest absolute Gasteiger partial charge is 0.366 e. The predicted molar refractivity (Wildman–Crippen MR) is 70.3 cm³/mol. The summed E-state index contributed by atoms with van der Waals surface area (Å²) in [5, 5.41) is 3.54. The first-order valence-corrected chi connectivity index (χ1v) is 6.62. The lowest BCUT2D eigenvalue weighted by Crippen LogP contribution is -2.33. The average Bonchev–Trinajstić information content (AvgIpc) is 2.73. The molecule has 1 saturated heterocycles. The molecular weight excluding hydrogens is 258 g/mol. The van der Waals surface area contributed by atoms with E-state index >= 15 is 0 Å². The minimum absolute atomic E-state index is 0.142. The van der Waals surface area contributed by atoms with Crippen LogP contribution in [0.3, 0.4) is 0 Å². The van der Waals surface area contributed by atoms with Crippen LogP contribution in [0.5, 0.6) is 0 Å². The third-order valence-corrected chi connectivity index (χ3v) is 3.46. The summed E-state index contributed by atoms with van der Waals surface area (Å²) in [6, 6.07) is 2.39. The molecule has 0 saturated carbocycles. The summed E-state index contributed by atoms with van der Waals surface area (Å²) in [6.07, 6.45) is 2.02. The maximum Gasteiger partial charge on any atom is 0.150 e. The molecule has 1 atom stereocenters. The Morgan fingerprint density at radius 3 is 2.89 bits per heavy atom. The highest BCUT2D eigenvalue weighted by molar-refractivity contribution is 6.33. The van der Waals surface area contributed by atoms with Crippen LogP contribution in [-0.2, 0) is 0 Å². The molecule has 1 N–H and O–H groups in total. The topological polar surface area (TPSA) is 15.3 Å². The summed E-state index contributed by atoms with van der Waals surface area (Å²) in [5.41, 5.74) is 0.318. The van der Waals surface area contributed by atoms with E-state index in [0.717, 1.165) is 38.1 Å². The number of benzene rings is 1. The summed E-state index contributed by atoms with van der Waals surface area (Å²) in [7, 11) is 0. The molecule has 0 aliphatic carbocycles. The first-order valence-electron chi connectivity index (χ1n) is 6.24. The lowest BCUT2D eigenvalue weighted by molar-refractivity contribution is 0.547. The summed E-state index contributed by atoms with van der Waals surface area (Å²) in [5.74, 6) is -1.22. The van der Waals surface area contributed by atoms with Crippen molar-refractivity contribution in [2.75, 3.05) is 24.5 Å². The van der Waals surface area contributed by atoms with Crippen LogP contribution < -0.4 is 10.2 Å². The van der Waals surface area contributed by atoms with Crippen molar-refractivity contribution in [2.24, 2.45) is 0 Å². The third kappa shape index (κ3) is 2.93. The van der Waals surface area contributed by atoms with Gasteiger partial charge < -0.3 is 10.2 Å². The van der Waals surface area contributed by atoms with E-state index in [1.54, 1.807) is 0 Å². The first-order chi connectivity index (χ1) is 8.61. The van der Waals surface area contributed by atoms with Gasteiger partial charge in [0.05, 0.1) is 10.7 Å². The molecule has 100 valence electrons. The molecule has 18 heavy (non-hydrogen) atoms. The van der Waals surface area contributed by atoms with Gasteiger partial charge in [-0.05, 0) is 25.5 Å². The van der Waals surface area contributed by atoms with E-state index in [-0.39, 0.29) is 5.02 Å². The van der Waals surface area contributed by atoms with Crippen molar-refractivity contribution in [3.63, 3.8) is 0 Å². The van der Waals surface area contributed by atoms with Crippen LogP contribution in [0.1, 0.15) is 19.8 Å². The monoisotopic (exact) mass is 274 g/mol. The number of hydrogen-bond acceptors (Lipinski definition) is 2. The van der Waals surface area contributed by atoms with E-state index in [1.807, 2.05) is 4.90 Å². The normalized spacial score (nSPS) is 19.6. The van der Waals surface area contributed by atoms with Crippen LogP contribution >= 0.6 is 11.6 Å². The molecule has 1 aromatic carbocycles. The second-order valence-electron chi connectivity index (χ2n) is 4.60. The third-order valence-electron chi connectivity index (χ3n) is 3.17. The van der Waals surface area contributed by atoms with Crippen molar-refractivity contribution in [2.45, 2.75) is 25.8 Å². The Hall–Kier alpha value is -0.870. The number of nitrogens with zero attached hydrogens (tertiary/aromatic N) is 1. The molecule has 2 nitrogen and oxygen atoms in total. The molecule has 0 radical (unpaired) electrons. The molecule has 0 aromatic heterocycles. The Bertz CT molecular complexity index is 402. The summed E-state index contributed by atoms with van der Waals surface area (Å²) >= 11 is 5.92. The minimum Gasteiger partial charge on any atom is -0.366 e. The highest BCUT2D eigenvalue weighted by atomic mass is 35.5. The van der Waals surface area contributed by atoms with Gasteiger partial charge >= 0.3 is 0 Å². The highest BCUT2D eigenvalue weighted by Gasteiger charge is 2.26. The van der Waals surface area contributed by atoms with Crippen LogP contribution in [-0.4, -0.2) is 25.7 Å². The Morgan fingerprint density at radius 1 is 1.44 bits per heavy atom. The van der Waals surface area contributed by atoms with Gasteiger partial charge in [0.15, 0.2) is 5.82 Å². The molecule has 1 aliphatic rings. The molecule has 0 spiro atoms. The molecular formula is C13H17ClF2N2. The summed E-state index contributed by atoms with van der Waals surface area (Å²) in [4.78, 5) is 1.88. The lowest BCUT2D eigenvalue weighted by Gasteiger charge is -2.21. The van der Waals surface area contributed by atoms with Crippen molar-refractivity contribution in [3.05, 3.63) is 28.8 Å². The maximum absolute atomic E-state index is 13.8. The zero-order valence-corrected chi connectivity index (χ0v) is 11.1. The van der Waals surface area contributed by atoms with Crippen molar-refractivity contribution in [1.82, 2.24) is 5.32 Å². The second kappa shape index (κ2) is 5.85. The van der Waals surface area contributed by atoms with Crippen molar-refractivity contribution in [1.29, 1.82) is 0 Å². The fraction of sp³-hybridized carbons (Fsp3) is 0.538. The van der Waals surface area contributed by atoms with Gasteiger partial charge in [-0.3, -0.25) is 0 Å². The zero-order valence-electron chi connectivity index (χ0n) is 10.3. The SMILES string of the molecule is CCCNC1CCN(c2c(F)cc(F)cc2Cl)C1. The predicted octanol–water partition coefficient (Wildman–Crippen LogP) is 3.20. The number of nitrogens with one attached hydrogen (secondary N) is 1. The Balaban J connectivity index is 2.09. The highest BCUT2D eigenvalue weighted by Crippen LogP contribution is 2.32. The van der Waals surface area contributed by atoms with Crippen molar-refractivity contribution >= 4 is 17.3 Å². The van der Waals surface area contributed by atoms with Gasteiger partial charge in [0, 0.05) is 25.2 Å². The van der Waals surface area contributed by atoms with Crippen molar-refractivity contribution in [3.8, 4) is 0 Å². The van der Waals surface area contributed by atoms with Crippen LogP contribution in [0.15, 0.2) is 12.1 Å². The molecule has 1 aliphatic heterocycles. The number of anilines is 1.